The molecule has 49 heavy (non-hydrogen) atoms. The van der Waals surface area contributed by atoms with E-state index in [-0.39, 0.29) is 20.1 Å². The van der Waals surface area contributed by atoms with Crippen molar-refractivity contribution >= 4 is 35.2 Å². The van der Waals surface area contributed by atoms with Gasteiger partial charge in [0.1, 0.15) is 5.58 Å². The van der Waals surface area contributed by atoms with Crippen molar-refractivity contribution in [3.8, 4) is 33.6 Å². The van der Waals surface area contributed by atoms with Crippen LogP contribution >= 0.6 is 0 Å². The Hall–Kier alpha value is -4.15. The number of rotatable bonds is 5. The predicted octanol–water partition coefficient (Wildman–Crippen LogP) is 11.6. The summed E-state index contributed by atoms with van der Waals surface area (Å²) < 4.78 is 6.41. The molecule has 0 atom stereocenters. The summed E-state index contributed by atoms with van der Waals surface area (Å²) in [4.78, 5) is 9.32. The van der Waals surface area contributed by atoms with Crippen LogP contribution < -0.4 is 5.19 Å². The summed E-state index contributed by atoms with van der Waals surface area (Å²) in [6.07, 6.45) is 10.6. The third-order valence-electron chi connectivity index (χ3n) is 9.56. The normalized spacial score (nSPS) is 13.5. The Morgan fingerprint density at radius 3 is 2.27 bits per heavy atom. The summed E-state index contributed by atoms with van der Waals surface area (Å²) in [5.41, 5.74) is 10.8. The van der Waals surface area contributed by atoms with E-state index in [4.69, 9.17) is 9.40 Å². The van der Waals surface area contributed by atoms with Gasteiger partial charge in [0.05, 0.1) is 13.7 Å². The first-order chi connectivity index (χ1) is 23.4. The standard InChI is InChI=1S/C29H24NO.C15H18NSi.Ir/c1-3-9-20(10-4-1)22-17-18-30-26(19-22)24-16-15-23(21-11-5-2-6-12-21)28-25-13-7-8-14-27(25)31-29(24)28;1-12-10-14(13-8-6-5-7-9-13)16-11-15(12)17(2,3)4;/h2,5-8,11-15,17-20H,1,3-4,9-10H2;5-8,10-11H,1-4H3;/q2*-1;. The molecule has 0 bridgehead atoms. The van der Waals surface area contributed by atoms with Crippen LogP contribution in [0.1, 0.15) is 49.1 Å². The van der Waals surface area contributed by atoms with Crippen molar-refractivity contribution in [2.75, 3.05) is 0 Å². The molecule has 5 heteroatoms. The van der Waals surface area contributed by atoms with Crippen molar-refractivity contribution in [2.24, 2.45) is 0 Å². The SMILES string of the molecule is Cc1cc(-c2[c-]cccc2)ncc1[Si](C)(C)C.[Ir].[c-]1cc(-c2ccccc2)c2c(oc3ccccc32)c1-c1cc(C2CCCCC2)ccn1. The number of benzene rings is 4. The fraction of sp³-hybridized carbons (Fsp3) is 0.227. The minimum Gasteiger partial charge on any atom is -0.501 e. The van der Waals surface area contributed by atoms with Crippen LogP contribution in [0.3, 0.4) is 0 Å². The summed E-state index contributed by atoms with van der Waals surface area (Å²) in [5.74, 6) is 0.644. The minimum absolute atomic E-state index is 0. The molecule has 0 N–H and O–H groups in total. The molecule has 1 aliphatic carbocycles. The van der Waals surface area contributed by atoms with Gasteiger partial charge in [0.2, 0.25) is 0 Å². The second-order valence-corrected chi connectivity index (χ2v) is 19.0. The number of aromatic nitrogens is 2. The molecule has 3 heterocycles. The van der Waals surface area contributed by atoms with Crippen molar-refractivity contribution in [3.63, 3.8) is 0 Å². The molecular weight excluding hydrogens is 793 g/mol. The zero-order valence-corrected chi connectivity index (χ0v) is 32.1. The summed E-state index contributed by atoms with van der Waals surface area (Å²) >= 11 is 0. The molecule has 4 aromatic carbocycles. The van der Waals surface area contributed by atoms with Gasteiger partial charge in [-0.3, -0.25) is 0 Å². The van der Waals surface area contributed by atoms with E-state index in [1.807, 2.05) is 42.6 Å². The van der Waals surface area contributed by atoms with Gasteiger partial charge >= 0.3 is 0 Å². The second-order valence-electron chi connectivity index (χ2n) is 14.0. The molecule has 0 unspecified atom stereocenters. The van der Waals surface area contributed by atoms with Crippen LogP contribution in [0.15, 0.2) is 120 Å². The Labute approximate surface area is 305 Å². The molecule has 3 aromatic heterocycles. The maximum atomic E-state index is 6.41. The van der Waals surface area contributed by atoms with Gasteiger partial charge in [0.25, 0.3) is 0 Å². The van der Waals surface area contributed by atoms with E-state index in [0.29, 0.717) is 5.92 Å². The van der Waals surface area contributed by atoms with Gasteiger partial charge in [-0.1, -0.05) is 127 Å². The van der Waals surface area contributed by atoms with Crippen LogP contribution in [0.5, 0.6) is 0 Å². The molecule has 0 amide bonds. The number of pyridine rings is 2. The van der Waals surface area contributed by atoms with Crippen LogP contribution in [0.25, 0.3) is 55.6 Å². The number of nitrogens with zero attached hydrogens (tertiary/aromatic N) is 2. The van der Waals surface area contributed by atoms with Crippen LogP contribution in [0.2, 0.25) is 19.6 Å². The van der Waals surface area contributed by atoms with Crippen molar-refractivity contribution in [1.82, 2.24) is 9.97 Å². The smallest absolute Gasteiger partial charge is 0.120 e. The Bertz CT molecular complexity index is 2160. The zero-order valence-electron chi connectivity index (χ0n) is 28.7. The van der Waals surface area contributed by atoms with Gasteiger partial charge in [0, 0.05) is 37.9 Å². The van der Waals surface area contributed by atoms with E-state index < -0.39 is 8.07 Å². The third-order valence-corrected chi connectivity index (χ3v) is 11.7. The molecule has 8 rings (SSSR count). The maximum Gasteiger partial charge on any atom is 0.120 e. The first kappa shape index (κ1) is 34.7. The predicted molar refractivity (Wildman–Crippen MR) is 203 cm³/mol. The molecule has 1 fully saturated rings. The molecule has 0 spiro atoms. The van der Waals surface area contributed by atoms with Crippen LogP contribution in [-0.2, 0) is 20.1 Å². The molecule has 3 nitrogen and oxygen atoms in total. The van der Waals surface area contributed by atoms with Gasteiger partial charge < -0.3 is 14.4 Å². The summed E-state index contributed by atoms with van der Waals surface area (Å²) in [6.45, 7) is 9.24. The van der Waals surface area contributed by atoms with Gasteiger partial charge in [0.15, 0.2) is 0 Å². The molecule has 0 aliphatic heterocycles. The zero-order chi connectivity index (χ0) is 33.1. The Balaban J connectivity index is 0.000000198. The van der Waals surface area contributed by atoms with Crippen molar-refractivity contribution < 1.29 is 24.5 Å². The van der Waals surface area contributed by atoms with Gasteiger partial charge in [-0.25, -0.2) is 0 Å². The van der Waals surface area contributed by atoms with E-state index in [2.05, 4.69) is 117 Å². The monoisotopic (exact) mass is 835 g/mol. The molecule has 1 aliphatic rings. The van der Waals surface area contributed by atoms with Crippen molar-refractivity contribution in [2.45, 2.75) is 64.6 Å². The van der Waals surface area contributed by atoms with Gasteiger partial charge in [-0.15, -0.1) is 48.0 Å². The summed E-state index contributed by atoms with van der Waals surface area (Å²) in [5, 5.41) is 3.72. The molecule has 1 saturated carbocycles. The van der Waals surface area contributed by atoms with Crippen LogP contribution in [0, 0.1) is 19.1 Å². The van der Waals surface area contributed by atoms with Gasteiger partial charge in [-0.2, -0.15) is 0 Å². The molecule has 249 valence electrons. The first-order valence-corrected chi connectivity index (χ1v) is 20.7. The van der Waals surface area contributed by atoms with E-state index in [0.717, 1.165) is 50.0 Å². The van der Waals surface area contributed by atoms with Gasteiger partial charge in [-0.05, 0) is 59.8 Å². The summed E-state index contributed by atoms with van der Waals surface area (Å²) in [7, 11) is -1.27. The number of para-hydroxylation sites is 1. The van der Waals surface area contributed by atoms with Crippen molar-refractivity contribution in [1.29, 1.82) is 0 Å². The first-order valence-electron chi connectivity index (χ1n) is 17.2. The topological polar surface area (TPSA) is 38.9 Å². The average Bonchev–Trinajstić information content (AvgIpc) is 3.52. The number of furan rings is 1. The molecular formula is C44H42IrN2OSi-2. The molecule has 0 saturated heterocycles. The fourth-order valence-corrected chi connectivity index (χ4v) is 8.83. The Morgan fingerprint density at radius 1 is 0.776 bits per heavy atom. The van der Waals surface area contributed by atoms with E-state index in [1.54, 1.807) is 0 Å². The van der Waals surface area contributed by atoms with E-state index in [1.165, 1.54) is 54.0 Å². The number of fused-ring (bicyclic) bond motifs is 3. The number of hydrogen-bond donors (Lipinski definition) is 0. The van der Waals surface area contributed by atoms with E-state index in [9.17, 15) is 0 Å². The quantitative estimate of drug-likeness (QED) is 0.128. The number of aryl methyl sites for hydroxylation is 1. The summed E-state index contributed by atoms with van der Waals surface area (Å²) in [6, 6.07) is 42.2. The fourth-order valence-electron chi connectivity index (χ4n) is 7.12. The van der Waals surface area contributed by atoms with Crippen molar-refractivity contribution in [3.05, 3.63) is 139 Å². The maximum absolute atomic E-state index is 6.41. The third kappa shape index (κ3) is 7.55. The second kappa shape index (κ2) is 15.2. The van der Waals surface area contributed by atoms with Crippen LogP contribution in [0.4, 0.5) is 0 Å². The van der Waals surface area contributed by atoms with Crippen LogP contribution in [-0.4, -0.2) is 18.0 Å². The Morgan fingerprint density at radius 2 is 1.53 bits per heavy atom. The minimum atomic E-state index is -1.27. The molecule has 7 aromatic rings. The molecule has 1 radical (unpaired) electrons. The van der Waals surface area contributed by atoms with E-state index >= 15 is 0 Å². The Kier molecular flexibility index (Phi) is 10.7. The largest absolute Gasteiger partial charge is 0.501 e. The average molecular weight is 835 g/mol. The number of hydrogen-bond acceptors (Lipinski definition) is 3.